The molecule has 120 valence electrons. The predicted octanol–water partition coefficient (Wildman–Crippen LogP) is 3.92. The van der Waals surface area contributed by atoms with E-state index in [4.69, 9.17) is 8.94 Å². The van der Waals surface area contributed by atoms with Gasteiger partial charge >= 0.3 is 0 Å². The van der Waals surface area contributed by atoms with E-state index >= 15 is 0 Å². The highest BCUT2D eigenvalue weighted by atomic mass is 32.2. The fraction of sp³-hybridized carbons (Fsp3) is 0.375. The Morgan fingerprint density at radius 3 is 2.78 bits per heavy atom. The van der Waals surface area contributed by atoms with Crippen LogP contribution in [0.2, 0.25) is 0 Å². The summed E-state index contributed by atoms with van der Waals surface area (Å²) in [4.78, 5) is 4.36. The van der Waals surface area contributed by atoms with Gasteiger partial charge in [0.1, 0.15) is 0 Å². The van der Waals surface area contributed by atoms with Gasteiger partial charge in [-0.3, -0.25) is 0 Å². The Labute approximate surface area is 138 Å². The van der Waals surface area contributed by atoms with Gasteiger partial charge in [-0.25, -0.2) is 0 Å². The van der Waals surface area contributed by atoms with Gasteiger partial charge in [-0.05, 0) is 24.5 Å². The molecule has 0 amide bonds. The van der Waals surface area contributed by atoms with Crippen LogP contribution < -0.4 is 0 Å². The third kappa shape index (κ3) is 3.98. The Morgan fingerprint density at radius 2 is 2.00 bits per heavy atom. The average molecular weight is 330 g/mol. The molecule has 0 fully saturated rings. The Kier molecular flexibility index (Phi) is 4.76. The molecule has 1 aromatic carbocycles. The largest absolute Gasteiger partial charge is 0.411 e. The molecule has 0 unspecified atom stereocenters. The van der Waals surface area contributed by atoms with Gasteiger partial charge in [-0.1, -0.05) is 49.0 Å². The quantitative estimate of drug-likeness (QED) is 0.634. The minimum atomic E-state index is 0.489. The summed E-state index contributed by atoms with van der Waals surface area (Å²) >= 11 is 1.40. The molecule has 0 aliphatic heterocycles. The number of aromatic nitrogens is 4. The molecule has 0 atom stereocenters. The maximum absolute atomic E-state index is 5.70. The molecule has 0 radical (unpaired) electrons. The van der Waals surface area contributed by atoms with Crippen LogP contribution in [0.15, 0.2) is 38.4 Å². The molecule has 2 aromatic heterocycles. The van der Waals surface area contributed by atoms with Crippen molar-refractivity contribution in [2.45, 2.75) is 38.2 Å². The van der Waals surface area contributed by atoms with Gasteiger partial charge in [0.05, 0.1) is 5.75 Å². The molecule has 6 nitrogen and oxygen atoms in total. The molecule has 0 bridgehead atoms. The normalized spacial score (nSPS) is 11.3. The van der Waals surface area contributed by atoms with Crippen molar-refractivity contribution >= 4 is 11.8 Å². The Bertz CT molecular complexity index is 782. The van der Waals surface area contributed by atoms with E-state index in [-0.39, 0.29) is 0 Å². The minimum absolute atomic E-state index is 0.489. The Morgan fingerprint density at radius 1 is 1.17 bits per heavy atom. The van der Waals surface area contributed by atoms with Crippen LogP contribution in [0.1, 0.15) is 31.1 Å². The predicted molar refractivity (Wildman–Crippen MR) is 86.9 cm³/mol. The monoisotopic (exact) mass is 330 g/mol. The van der Waals surface area contributed by atoms with E-state index in [9.17, 15) is 0 Å². The standard InChI is InChI=1S/C16H18N4O2S/c1-10(2)8-14-17-13(20-22-14)9-23-16-19-18-15(21-16)12-7-5-4-6-11(12)3/h4-7,10H,8-9H2,1-3H3. The molecule has 3 rings (SSSR count). The molecule has 7 heteroatoms. The van der Waals surface area contributed by atoms with E-state index in [0.29, 0.717) is 34.5 Å². The lowest BCUT2D eigenvalue weighted by molar-refractivity contribution is 0.360. The zero-order valence-electron chi connectivity index (χ0n) is 13.3. The van der Waals surface area contributed by atoms with Crippen molar-refractivity contribution in [2.24, 2.45) is 5.92 Å². The van der Waals surface area contributed by atoms with Crippen molar-refractivity contribution in [1.82, 2.24) is 20.3 Å². The van der Waals surface area contributed by atoms with Crippen molar-refractivity contribution in [1.29, 1.82) is 0 Å². The second kappa shape index (κ2) is 6.95. The van der Waals surface area contributed by atoms with Gasteiger partial charge in [0, 0.05) is 12.0 Å². The summed E-state index contributed by atoms with van der Waals surface area (Å²) < 4.78 is 10.9. The fourth-order valence-electron chi connectivity index (χ4n) is 2.10. The number of rotatable bonds is 6. The van der Waals surface area contributed by atoms with Crippen LogP contribution in [-0.2, 0) is 12.2 Å². The van der Waals surface area contributed by atoms with Gasteiger partial charge in [0.15, 0.2) is 5.82 Å². The number of aryl methyl sites for hydroxylation is 1. The first kappa shape index (κ1) is 15.7. The lowest BCUT2D eigenvalue weighted by Gasteiger charge is -1.98. The van der Waals surface area contributed by atoms with Gasteiger partial charge in [0.25, 0.3) is 5.22 Å². The zero-order chi connectivity index (χ0) is 16.2. The number of benzene rings is 1. The summed E-state index contributed by atoms with van der Waals surface area (Å²) in [5, 5.41) is 12.6. The van der Waals surface area contributed by atoms with E-state index in [2.05, 4.69) is 34.2 Å². The van der Waals surface area contributed by atoms with E-state index in [1.807, 2.05) is 31.2 Å². The molecular formula is C16H18N4O2S. The third-order valence-electron chi connectivity index (χ3n) is 3.20. The first-order valence-electron chi connectivity index (χ1n) is 7.45. The molecule has 0 aliphatic carbocycles. The molecule has 0 aliphatic rings. The average Bonchev–Trinajstić information content (AvgIpc) is 3.14. The highest BCUT2D eigenvalue weighted by Crippen LogP contribution is 2.26. The van der Waals surface area contributed by atoms with Crippen LogP contribution >= 0.6 is 11.8 Å². The Balaban J connectivity index is 1.63. The van der Waals surface area contributed by atoms with Crippen LogP contribution in [0.5, 0.6) is 0 Å². The van der Waals surface area contributed by atoms with Crippen LogP contribution in [0.3, 0.4) is 0 Å². The smallest absolute Gasteiger partial charge is 0.277 e. The SMILES string of the molecule is Cc1ccccc1-c1nnc(SCc2noc(CC(C)C)n2)o1. The highest BCUT2D eigenvalue weighted by molar-refractivity contribution is 7.98. The summed E-state index contributed by atoms with van der Waals surface area (Å²) in [7, 11) is 0. The van der Waals surface area contributed by atoms with E-state index in [1.54, 1.807) is 0 Å². The fourth-order valence-corrected chi connectivity index (χ4v) is 2.70. The van der Waals surface area contributed by atoms with Crippen LogP contribution in [0.4, 0.5) is 0 Å². The lowest BCUT2D eigenvalue weighted by Crippen LogP contribution is -1.94. The molecule has 0 saturated heterocycles. The van der Waals surface area contributed by atoms with Crippen molar-refractivity contribution in [2.75, 3.05) is 0 Å². The van der Waals surface area contributed by atoms with Crippen molar-refractivity contribution in [3.05, 3.63) is 41.5 Å². The van der Waals surface area contributed by atoms with Crippen molar-refractivity contribution < 1.29 is 8.94 Å². The van der Waals surface area contributed by atoms with Gasteiger partial charge < -0.3 is 8.94 Å². The zero-order valence-corrected chi connectivity index (χ0v) is 14.1. The molecule has 2 heterocycles. The number of hydrogen-bond acceptors (Lipinski definition) is 7. The number of nitrogens with zero attached hydrogens (tertiary/aromatic N) is 4. The second-order valence-electron chi connectivity index (χ2n) is 5.68. The molecule has 23 heavy (non-hydrogen) atoms. The summed E-state index contributed by atoms with van der Waals surface area (Å²) in [5.41, 5.74) is 2.05. The summed E-state index contributed by atoms with van der Waals surface area (Å²) in [5.74, 6) is 2.86. The maximum atomic E-state index is 5.70. The second-order valence-corrected chi connectivity index (χ2v) is 6.61. The molecule has 0 spiro atoms. The van der Waals surface area contributed by atoms with E-state index in [1.165, 1.54) is 11.8 Å². The van der Waals surface area contributed by atoms with Gasteiger partial charge in [-0.2, -0.15) is 4.98 Å². The van der Waals surface area contributed by atoms with Crippen molar-refractivity contribution in [3.8, 4) is 11.5 Å². The number of hydrogen-bond donors (Lipinski definition) is 0. The Hall–Kier alpha value is -2.15. The lowest BCUT2D eigenvalue weighted by atomic mass is 10.1. The topological polar surface area (TPSA) is 77.8 Å². The summed E-state index contributed by atoms with van der Waals surface area (Å²) in [6.45, 7) is 6.25. The molecule has 3 aromatic rings. The molecule has 0 N–H and O–H groups in total. The van der Waals surface area contributed by atoms with Crippen LogP contribution in [0.25, 0.3) is 11.5 Å². The van der Waals surface area contributed by atoms with E-state index in [0.717, 1.165) is 17.5 Å². The summed E-state index contributed by atoms with van der Waals surface area (Å²) in [6.07, 6.45) is 0.787. The van der Waals surface area contributed by atoms with Gasteiger partial charge in [-0.15, -0.1) is 10.2 Å². The first-order chi connectivity index (χ1) is 11.1. The van der Waals surface area contributed by atoms with E-state index < -0.39 is 0 Å². The molecular weight excluding hydrogens is 312 g/mol. The van der Waals surface area contributed by atoms with Crippen LogP contribution in [0, 0.1) is 12.8 Å². The number of thioether (sulfide) groups is 1. The van der Waals surface area contributed by atoms with Crippen molar-refractivity contribution in [3.63, 3.8) is 0 Å². The molecule has 0 saturated carbocycles. The minimum Gasteiger partial charge on any atom is -0.411 e. The van der Waals surface area contributed by atoms with Gasteiger partial charge in [0.2, 0.25) is 11.8 Å². The summed E-state index contributed by atoms with van der Waals surface area (Å²) in [6, 6.07) is 7.92. The maximum Gasteiger partial charge on any atom is 0.277 e. The van der Waals surface area contributed by atoms with Crippen LogP contribution in [-0.4, -0.2) is 20.3 Å². The highest BCUT2D eigenvalue weighted by Gasteiger charge is 2.13. The first-order valence-corrected chi connectivity index (χ1v) is 8.44. The third-order valence-corrected chi connectivity index (χ3v) is 4.01.